The Morgan fingerprint density at radius 1 is 1.58 bits per heavy atom. The zero-order valence-corrected chi connectivity index (χ0v) is 11.1. The van der Waals surface area contributed by atoms with Crippen LogP contribution in [0.5, 0.6) is 0 Å². The number of piperidine rings is 1. The van der Waals surface area contributed by atoms with Crippen LogP contribution in [0.3, 0.4) is 0 Å². The first-order valence-electron chi connectivity index (χ1n) is 6.62. The normalized spacial score (nSPS) is 19.5. The van der Waals surface area contributed by atoms with Gasteiger partial charge in [0.2, 0.25) is 5.82 Å². The number of hydrogen-bond acceptors (Lipinski definition) is 5. The monoisotopic (exact) mass is 265 g/mol. The molecule has 0 radical (unpaired) electrons. The quantitative estimate of drug-likeness (QED) is 0.665. The smallest absolute Gasteiger partial charge is 0.311 e. The molecule has 0 amide bonds. The fourth-order valence-corrected chi connectivity index (χ4v) is 2.63. The SMILES string of the molecule is Cc1cnc(N2CCCCC2CCO)c([N+](=O)[O-])c1. The van der Waals surface area contributed by atoms with Gasteiger partial charge in [-0.2, -0.15) is 0 Å². The standard InChI is InChI=1S/C13H19N3O3/c1-10-8-12(16(18)19)13(14-9-10)15-6-3-2-4-11(15)5-7-17/h8-9,11,17H,2-7H2,1H3. The lowest BCUT2D eigenvalue weighted by Crippen LogP contribution is -2.41. The number of pyridine rings is 1. The van der Waals surface area contributed by atoms with Crippen molar-refractivity contribution in [2.45, 2.75) is 38.6 Å². The highest BCUT2D eigenvalue weighted by atomic mass is 16.6. The summed E-state index contributed by atoms with van der Waals surface area (Å²) in [5.41, 5.74) is 0.844. The molecule has 0 aliphatic carbocycles. The van der Waals surface area contributed by atoms with Crippen LogP contribution >= 0.6 is 0 Å². The van der Waals surface area contributed by atoms with Crippen LogP contribution in [0.4, 0.5) is 11.5 Å². The maximum absolute atomic E-state index is 11.2. The third-order valence-corrected chi connectivity index (χ3v) is 3.54. The van der Waals surface area contributed by atoms with Crippen molar-refractivity contribution in [2.24, 2.45) is 0 Å². The molecule has 1 aromatic rings. The van der Waals surface area contributed by atoms with Crippen LogP contribution in [0.1, 0.15) is 31.2 Å². The summed E-state index contributed by atoms with van der Waals surface area (Å²) in [6.45, 7) is 2.66. The Labute approximate surface area is 112 Å². The average molecular weight is 265 g/mol. The van der Waals surface area contributed by atoms with Gasteiger partial charge in [-0.15, -0.1) is 0 Å². The summed E-state index contributed by atoms with van der Waals surface area (Å²) in [5, 5.41) is 20.3. The van der Waals surface area contributed by atoms with Gasteiger partial charge in [-0.05, 0) is 38.2 Å². The van der Waals surface area contributed by atoms with Gasteiger partial charge in [0.25, 0.3) is 0 Å². The Bertz CT molecular complexity index is 462. The zero-order chi connectivity index (χ0) is 13.8. The van der Waals surface area contributed by atoms with Crippen molar-refractivity contribution in [3.8, 4) is 0 Å². The number of aliphatic hydroxyl groups excluding tert-OH is 1. The van der Waals surface area contributed by atoms with Gasteiger partial charge in [-0.25, -0.2) is 4.98 Å². The molecule has 1 unspecified atom stereocenters. The van der Waals surface area contributed by atoms with Crippen LogP contribution in [0, 0.1) is 17.0 Å². The molecule has 1 fully saturated rings. The van der Waals surface area contributed by atoms with Gasteiger partial charge in [-0.3, -0.25) is 10.1 Å². The summed E-state index contributed by atoms with van der Waals surface area (Å²) in [6.07, 6.45) is 5.35. The number of aryl methyl sites for hydroxylation is 1. The molecule has 0 aromatic carbocycles. The van der Waals surface area contributed by atoms with Crippen LogP contribution in [0.25, 0.3) is 0 Å². The molecule has 104 valence electrons. The summed E-state index contributed by atoms with van der Waals surface area (Å²) < 4.78 is 0. The van der Waals surface area contributed by atoms with Crippen LogP contribution in [0.2, 0.25) is 0 Å². The zero-order valence-electron chi connectivity index (χ0n) is 11.1. The summed E-state index contributed by atoms with van der Waals surface area (Å²) in [6, 6.07) is 1.71. The van der Waals surface area contributed by atoms with E-state index in [0.29, 0.717) is 12.2 Å². The molecule has 1 aromatic heterocycles. The molecule has 1 aliphatic heterocycles. The molecule has 1 atom stereocenters. The van der Waals surface area contributed by atoms with Crippen LogP contribution in [-0.4, -0.2) is 34.2 Å². The van der Waals surface area contributed by atoms with Gasteiger partial charge in [0.1, 0.15) is 0 Å². The fraction of sp³-hybridized carbons (Fsp3) is 0.615. The molecule has 0 saturated carbocycles. The van der Waals surface area contributed by atoms with Gasteiger partial charge in [0.05, 0.1) is 4.92 Å². The second kappa shape index (κ2) is 5.97. The Morgan fingerprint density at radius 2 is 2.37 bits per heavy atom. The van der Waals surface area contributed by atoms with Gasteiger partial charge >= 0.3 is 5.69 Å². The minimum atomic E-state index is -0.375. The Morgan fingerprint density at radius 3 is 3.05 bits per heavy atom. The summed E-state index contributed by atoms with van der Waals surface area (Å²) >= 11 is 0. The maximum Gasteiger partial charge on any atom is 0.311 e. The Hall–Kier alpha value is -1.69. The number of aromatic nitrogens is 1. The summed E-state index contributed by atoms with van der Waals surface area (Å²) in [7, 11) is 0. The highest BCUT2D eigenvalue weighted by Crippen LogP contribution is 2.32. The lowest BCUT2D eigenvalue weighted by Gasteiger charge is -2.36. The van der Waals surface area contributed by atoms with Crippen molar-refractivity contribution in [1.29, 1.82) is 0 Å². The van der Waals surface area contributed by atoms with E-state index in [0.717, 1.165) is 31.4 Å². The molecule has 0 spiro atoms. The third kappa shape index (κ3) is 3.01. The minimum Gasteiger partial charge on any atom is -0.396 e. The molecule has 0 bridgehead atoms. The first kappa shape index (κ1) is 13.7. The Balaban J connectivity index is 2.35. The first-order valence-corrected chi connectivity index (χ1v) is 6.62. The van der Waals surface area contributed by atoms with E-state index in [1.807, 2.05) is 4.90 Å². The third-order valence-electron chi connectivity index (χ3n) is 3.54. The molecule has 6 heteroatoms. The van der Waals surface area contributed by atoms with Crippen molar-refractivity contribution in [3.05, 3.63) is 27.9 Å². The van der Waals surface area contributed by atoms with E-state index in [-0.39, 0.29) is 23.3 Å². The van der Waals surface area contributed by atoms with Gasteiger partial charge in [-0.1, -0.05) is 0 Å². The maximum atomic E-state index is 11.2. The lowest BCUT2D eigenvalue weighted by atomic mass is 9.99. The second-order valence-electron chi connectivity index (χ2n) is 4.97. The van der Waals surface area contributed by atoms with E-state index < -0.39 is 0 Å². The first-order chi connectivity index (χ1) is 9.13. The summed E-state index contributed by atoms with van der Waals surface area (Å²) in [5.74, 6) is 0.439. The molecule has 6 nitrogen and oxygen atoms in total. The highest BCUT2D eigenvalue weighted by Gasteiger charge is 2.29. The van der Waals surface area contributed by atoms with Gasteiger partial charge in [0.15, 0.2) is 0 Å². The van der Waals surface area contributed by atoms with E-state index in [4.69, 9.17) is 5.11 Å². The fourth-order valence-electron chi connectivity index (χ4n) is 2.63. The van der Waals surface area contributed by atoms with Gasteiger partial charge < -0.3 is 10.0 Å². The van der Waals surface area contributed by atoms with Crippen molar-refractivity contribution >= 4 is 11.5 Å². The van der Waals surface area contributed by atoms with E-state index >= 15 is 0 Å². The molecule has 1 N–H and O–H groups in total. The Kier molecular flexibility index (Phi) is 4.31. The largest absolute Gasteiger partial charge is 0.396 e. The van der Waals surface area contributed by atoms with E-state index in [9.17, 15) is 10.1 Å². The van der Waals surface area contributed by atoms with Crippen molar-refractivity contribution in [1.82, 2.24) is 4.98 Å². The molecule has 2 rings (SSSR count). The predicted octanol–water partition coefficient (Wildman–Crippen LogP) is 2.04. The van der Waals surface area contributed by atoms with Crippen LogP contribution in [-0.2, 0) is 0 Å². The van der Waals surface area contributed by atoms with E-state index in [2.05, 4.69) is 4.98 Å². The number of rotatable bonds is 4. The highest BCUT2D eigenvalue weighted by molar-refractivity contribution is 5.59. The summed E-state index contributed by atoms with van der Waals surface area (Å²) in [4.78, 5) is 17.0. The molecular weight excluding hydrogens is 246 g/mol. The number of anilines is 1. The number of hydrogen-bond donors (Lipinski definition) is 1. The van der Waals surface area contributed by atoms with E-state index in [1.54, 1.807) is 19.2 Å². The van der Waals surface area contributed by atoms with Crippen LogP contribution < -0.4 is 4.90 Å². The van der Waals surface area contributed by atoms with E-state index in [1.165, 1.54) is 0 Å². The number of aliphatic hydroxyl groups is 1. The second-order valence-corrected chi connectivity index (χ2v) is 4.97. The molecule has 2 heterocycles. The average Bonchev–Trinajstić information content (AvgIpc) is 2.40. The molecule has 1 aliphatic rings. The topological polar surface area (TPSA) is 79.5 Å². The van der Waals surface area contributed by atoms with Gasteiger partial charge in [0, 0.05) is 31.5 Å². The van der Waals surface area contributed by atoms with Crippen molar-refractivity contribution < 1.29 is 10.0 Å². The van der Waals surface area contributed by atoms with Crippen LogP contribution in [0.15, 0.2) is 12.3 Å². The number of nitrogens with zero attached hydrogens (tertiary/aromatic N) is 3. The molecule has 19 heavy (non-hydrogen) atoms. The number of nitro groups is 1. The molecular formula is C13H19N3O3. The van der Waals surface area contributed by atoms with Crippen molar-refractivity contribution in [2.75, 3.05) is 18.1 Å². The predicted molar refractivity (Wildman–Crippen MR) is 72.3 cm³/mol. The van der Waals surface area contributed by atoms with Crippen molar-refractivity contribution in [3.63, 3.8) is 0 Å². The lowest BCUT2D eigenvalue weighted by molar-refractivity contribution is -0.384. The minimum absolute atomic E-state index is 0.0600. The molecule has 1 saturated heterocycles.